The number of ether oxygens (including phenoxy) is 4. The van der Waals surface area contributed by atoms with Crippen molar-refractivity contribution in [1.29, 1.82) is 0 Å². The van der Waals surface area contributed by atoms with Gasteiger partial charge in [-0.25, -0.2) is 0 Å². The van der Waals surface area contributed by atoms with Crippen molar-refractivity contribution < 1.29 is 23.7 Å². The molecule has 6 heteroatoms. The fourth-order valence-corrected chi connectivity index (χ4v) is 2.33. The maximum atomic E-state index is 12.2. The Morgan fingerprint density at radius 2 is 1.73 bits per heavy atom. The van der Waals surface area contributed by atoms with Gasteiger partial charge in [-0.2, -0.15) is 0 Å². The standard InChI is InChI=1S/C20H23NO5/c1-5-26-17-10-8-15(12-19(17)25-4)21-20(22)11-7-14-6-9-16(23-2)13-18(14)24-3/h6-13H,5H2,1-4H3,(H,21,22)/b11-7+. The lowest BCUT2D eigenvalue weighted by molar-refractivity contribution is -0.111. The van der Waals surface area contributed by atoms with Crippen LogP contribution in [0.2, 0.25) is 0 Å². The van der Waals surface area contributed by atoms with Crippen LogP contribution in [0.3, 0.4) is 0 Å². The number of hydrogen-bond acceptors (Lipinski definition) is 5. The summed E-state index contributed by atoms with van der Waals surface area (Å²) in [5.41, 5.74) is 1.38. The molecule has 0 aliphatic carbocycles. The third kappa shape index (κ3) is 4.92. The molecule has 0 aliphatic heterocycles. The summed E-state index contributed by atoms with van der Waals surface area (Å²) in [6, 6.07) is 10.6. The lowest BCUT2D eigenvalue weighted by atomic mass is 10.1. The Morgan fingerprint density at radius 1 is 0.962 bits per heavy atom. The van der Waals surface area contributed by atoms with Crippen LogP contribution in [0.25, 0.3) is 6.08 Å². The number of carbonyl (C=O) groups excluding carboxylic acids is 1. The zero-order valence-corrected chi connectivity index (χ0v) is 15.4. The van der Waals surface area contributed by atoms with Crippen molar-refractivity contribution in [3.63, 3.8) is 0 Å². The topological polar surface area (TPSA) is 66.0 Å². The first kappa shape index (κ1) is 19.2. The highest BCUT2D eigenvalue weighted by atomic mass is 16.5. The highest BCUT2D eigenvalue weighted by molar-refractivity contribution is 6.02. The first-order valence-electron chi connectivity index (χ1n) is 8.13. The van der Waals surface area contributed by atoms with Gasteiger partial charge in [-0.1, -0.05) is 0 Å². The van der Waals surface area contributed by atoms with E-state index in [0.717, 1.165) is 5.56 Å². The molecule has 0 atom stereocenters. The van der Waals surface area contributed by atoms with E-state index in [2.05, 4.69) is 5.32 Å². The number of amides is 1. The summed E-state index contributed by atoms with van der Waals surface area (Å²) in [6.45, 7) is 2.43. The minimum absolute atomic E-state index is 0.269. The third-order valence-electron chi connectivity index (χ3n) is 3.59. The Balaban J connectivity index is 2.10. The van der Waals surface area contributed by atoms with E-state index in [1.807, 2.05) is 13.0 Å². The fraction of sp³-hybridized carbons (Fsp3) is 0.250. The second kappa shape index (κ2) is 9.36. The van der Waals surface area contributed by atoms with E-state index in [0.29, 0.717) is 35.3 Å². The second-order valence-corrected chi connectivity index (χ2v) is 5.23. The molecular weight excluding hydrogens is 334 g/mol. The number of carbonyl (C=O) groups is 1. The summed E-state index contributed by atoms with van der Waals surface area (Å²) in [6.07, 6.45) is 3.12. The summed E-state index contributed by atoms with van der Waals surface area (Å²) < 4.78 is 21.2. The van der Waals surface area contributed by atoms with Gasteiger partial charge in [-0.05, 0) is 37.3 Å². The van der Waals surface area contributed by atoms with Gasteiger partial charge in [0.15, 0.2) is 11.5 Å². The molecule has 1 N–H and O–H groups in total. The normalized spacial score (nSPS) is 10.5. The average Bonchev–Trinajstić information content (AvgIpc) is 2.67. The Kier molecular flexibility index (Phi) is 6.91. The molecule has 138 valence electrons. The summed E-state index contributed by atoms with van der Waals surface area (Å²) in [5, 5.41) is 2.79. The molecule has 0 saturated carbocycles. The van der Waals surface area contributed by atoms with E-state index in [1.165, 1.54) is 6.08 Å². The maximum Gasteiger partial charge on any atom is 0.248 e. The van der Waals surface area contributed by atoms with E-state index < -0.39 is 0 Å². The summed E-state index contributed by atoms with van der Waals surface area (Å²) in [7, 11) is 4.71. The van der Waals surface area contributed by atoms with Crippen LogP contribution in [0, 0.1) is 0 Å². The zero-order valence-electron chi connectivity index (χ0n) is 15.4. The van der Waals surface area contributed by atoms with Gasteiger partial charge in [0.05, 0.1) is 27.9 Å². The van der Waals surface area contributed by atoms with Gasteiger partial charge in [0.2, 0.25) is 5.91 Å². The molecule has 1 amide bonds. The van der Waals surface area contributed by atoms with Crippen molar-refractivity contribution in [3.8, 4) is 23.0 Å². The molecule has 0 radical (unpaired) electrons. The van der Waals surface area contributed by atoms with Crippen molar-refractivity contribution in [3.05, 3.63) is 48.0 Å². The zero-order chi connectivity index (χ0) is 18.9. The lowest BCUT2D eigenvalue weighted by Gasteiger charge is -2.11. The summed E-state index contributed by atoms with van der Waals surface area (Å²) in [4.78, 5) is 12.2. The number of benzene rings is 2. The van der Waals surface area contributed by atoms with Crippen LogP contribution in [0.15, 0.2) is 42.5 Å². The van der Waals surface area contributed by atoms with Crippen LogP contribution in [-0.2, 0) is 4.79 Å². The molecule has 2 aromatic carbocycles. The monoisotopic (exact) mass is 357 g/mol. The molecular formula is C20H23NO5. The first-order valence-corrected chi connectivity index (χ1v) is 8.13. The predicted molar refractivity (Wildman–Crippen MR) is 101 cm³/mol. The fourth-order valence-electron chi connectivity index (χ4n) is 2.33. The molecule has 0 fully saturated rings. The minimum atomic E-state index is -0.269. The van der Waals surface area contributed by atoms with E-state index in [4.69, 9.17) is 18.9 Å². The van der Waals surface area contributed by atoms with Gasteiger partial charge >= 0.3 is 0 Å². The van der Waals surface area contributed by atoms with Gasteiger partial charge < -0.3 is 24.3 Å². The van der Waals surface area contributed by atoms with E-state index in [1.54, 1.807) is 57.7 Å². The Bertz CT molecular complexity index is 786. The van der Waals surface area contributed by atoms with E-state index in [-0.39, 0.29) is 5.91 Å². The number of methoxy groups -OCH3 is 3. The average molecular weight is 357 g/mol. The lowest BCUT2D eigenvalue weighted by Crippen LogP contribution is -2.08. The van der Waals surface area contributed by atoms with Gasteiger partial charge in [-0.3, -0.25) is 4.79 Å². The van der Waals surface area contributed by atoms with Gasteiger partial charge in [-0.15, -0.1) is 0 Å². The van der Waals surface area contributed by atoms with Gasteiger partial charge in [0.1, 0.15) is 11.5 Å². The van der Waals surface area contributed by atoms with E-state index in [9.17, 15) is 4.79 Å². The third-order valence-corrected chi connectivity index (χ3v) is 3.59. The largest absolute Gasteiger partial charge is 0.497 e. The number of anilines is 1. The van der Waals surface area contributed by atoms with Gasteiger partial charge in [0.25, 0.3) is 0 Å². The Labute approximate surface area is 153 Å². The maximum absolute atomic E-state index is 12.2. The molecule has 0 unspecified atom stereocenters. The van der Waals surface area contributed by atoms with Crippen molar-refractivity contribution >= 4 is 17.7 Å². The highest BCUT2D eigenvalue weighted by Crippen LogP contribution is 2.30. The molecule has 2 rings (SSSR count). The first-order chi connectivity index (χ1) is 12.6. The smallest absolute Gasteiger partial charge is 0.248 e. The summed E-state index contributed by atoms with van der Waals surface area (Å²) in [5.74, 6) is 2.23. The quantitative estimate of drug-likeness (QED) is 0.729. The second-order valence-electron chi connectivity index (χ2n) is 5.23. The van der Waals surface area contributed by atoms with Crippen LogP contribution in [0.5, 0.6) is 23.0 Å². The van der Waals surface area contributed by atoms with Crippen molar-refractivity contribution in [1.82, 2.24) is 0 Å². The number of hydrogen-bond donors (Lipinski definition) is 1. The molecule has 0 aromatic heterocycles. The number of nitrogens with one attached hydrogen (secondary N) is 1. The summed E-state index contributed by atoms with van der Waals surface area (Å²) >= 11 is 0. The molecule has 0 saturated heterocycles. The highest BCUT2D eigenvalue weighted by Gasteiger charge is 2.07. The molecule has 0 spiro atoms. The predicted octanol–water partition coefficient (Wildman–Crippen LogP) is 3.76. The van der Waals surface area contributed by atoms with Crippen molar-refractivity contribution in [2.75, 3.05) is 33.3 Å². The van der Waals surface area contributed by atoms with Crippen LogP contribution in [0.4, 0.5) is 5.69 Å². The minimum Gasteiger partial charge on any atom is -0.497 e. The molecule has 0 aliphatic rings. The van der Waals surface area contributed by atoms with Crippen LogP contribution in [-0.4, -0.2) is 33.8 Å². The molecule has 0 bridgehead atoms. The number of rotatable bonds is 8. The molecule has 0 heterocycles. The van der Waals surface area contributed by atoms with Crippen LogP contribution in [0.1, 0.15) is 12.5 Å². The molecule has 26 heavy (non-hydrogen) atoms. The van der Waals surface area contributed by atoms with Crippen molar-refractivity contribution in [2.24, 2.45) is 0 Å². The van der Waals surface area contributed by atoms with Gasteiger partial charge in [0, 0.05) is 29.5 Å². The van der Waals surface area contributed by atoms with Crippen LogP contribution < -0.4 is 24.3 Å². The Hall–Kier alpha value is -3.15. The SMILES string of the molecule is CCOc1ccc(NC(=O)/C=C/c2ccc(OC)cc2OC)cc1OC. The molecule has 6 nitrogen and oxygen atoms in total. The van der Waals surface area contributed by atoms with Crippen LogP contribution >= 0.6 is 0 Å². The van der Waals surface area contributed by atoms with E-state index >= 15 is 0 Å². The Morgan fingerprint density at radius 3 is 2.38 bits per heavy atom. The van der Waals surface area contributed by atoms with Crippen molar-refractivity contribution in [2.45, 2.75) is 6.92 Å². The molecule has 2 aromatic rings.